The number of nitrogens with two attached hydrogens (primary N) is 1. The van der Waals surface area contributed by atoms with Gasteiger partial charge in [-0.25, -0.2) is 4.98 Å². The number of likely N-dealkylation sites (tertiary alicyclic amines) is 1. The van der Waals surface area contributed by atoms with Gasteiger partial charge in [-0.05, 0) is 57.8 Å². The molecule has 1 saturated heterocycles. The summed E-state index contributed by atoms with van der Waals surface area (Å²) in [6, 6.07) is 3.86. The summed E-state index contributed by atoms with van der Waals surface area (Å²) in [5, 5.41) is 0. The van der Waals surface area contributed by atoms with Gasteiger partial charge in [0.2, 0.25) is 5.89 Å². The van der Waals surface area contributed by atoms with Crippen LogP contribution in [0.2, 0.25) is 0 Å². The first-order chi connectivity index (χ1) is 12.6. The molecule has 1 aromatic carbocycles. The van der Waals surface area contributed by atoms with E-state index in [0.717, 1.165) is 60.3 Å². The number of piperidine rings is 1. The first kappa shape index (κ1) is 18.7. The minimum atomic E-state index is 0.583. The second-order valence-electron chi connectivity index (χ2n) is 6.97. The molecule has 6 nitrogen and oxygen atoms in total. The molecular formula is C20H29N3O3. The number of rotatable bonds is 6. The highest BCUT2D eigenvalue weighted by molar-refractivity contribution is 5.68. The Bertz CT molecular complexity index is 757. The van der Waals surface area contributed by atoms with Crippen LogP contribution in [0.4, 0.5) is 0 Å². The molecule has 1 atom stereocenters. The quantitative estimate of drug-likeness (QED) is 0.854. The van der Waals surface area contributed by atoms with Crippen molar-refractivity contribution in [3.8, 4) is 23.0 Å². The third-order valence-corrected chi connectivity index (χ3v) is 5.21. The van der Waals surface area contributed by atoms with Crippen molar-refractivity contribution in [3.05, 3.63) is 29.2 Å². The molecule has 2 heterocycles. The molecule has 1 aliphatic rings. The molecule has 0 radical (unpaired) electrons. The number of hydrogen-bond donors (Lipinski definition) is 1. The van der Waals surface area contributed by atoms with Crippen LogP contribution in [0.25, 0.3) is 11.5 Å². The van der Waals surface area contributed by atoms with Crippen LogP contribution in [0.15, 0.2) is 16.5 Å². The Labute approximate surface area is 155 Å². The molecule has 0 aliphatic carbocycles. The van der Waals surface area contributed by atoms with Crippen LogP contribution in [-0.4, -0.2) is 43.7 Å². The fourth-order valence-electron chi connectivity index (χ4n) is 3.72. The van der Waals surface area contributed by atoms with Crippen LogP contribution in [0.5, 0.6) is 11.5 Å². The SMILES string of the molecule is COc1ccc(-c2nc(CN3CCCC(CN)C3)c(C)o2)c(OC)c1C. The Balaban J connectivity index is 1.85. The van der Waals surface area contributed by atoms with Crippen LogP contribution in [0, 0.1) is 19.8 Å². The third-order valence-electron chi connectivity index (χ3n) is 5.21. The molecule has 6 heteroatoms. The molecule has 0 bridgehead atoms. The van der Waals surface area contributed by atoms with Gasteiger partial charge in [0.15, 0.2) is 0 Å². The predicted molar refractivity (Wildman–Crippen MR) is 102 cm³/mol. The number of nitrogens with zero attached hydrogens (tertiary/aromatic N) is 2. The fraction of sp³-hybridized carbons (Fsp3) is 0.550. The second-order valence-corrected chi connectivity index (χ2v) is 6.97. The molecule has 26 heavy (non-hydrogen) atoms. The van der Waals surface area contributed by atoms with Crippen molar-refractivity contribution in [2.24, 2.45) is 11.7 Å². The average Bonchev–Trinajstić information content (AvgIpc) is 3.01. The van der Waals surface area contributed by atoms with Gasteiger partial charge >= 0.3 is 0 Å². The summed E-state index contributed by atoms with van der Waals surface area (Å²) in [6.07, 6.45) is 2.41. The van der Waals surface area contributed by atoms with E-state index in [1.54, 1.807) is 14.2 Å². The van der Waals surface area contributed by atoms with E-state index in [1.165, 1.54) is 12.8 Å². The molecule has 1 aromatic heterocycles. The number of benzene rings is 1. The van der Waals surface area contributed by atoms with Crippen molar-refractivity contribution in [1.29, 1.82) is 0 Å². The molecule has 0 spiro atoms. The highest BCUT2D eigenvalue weighted by atomic mass is 16.5. The van der Waals surface area contributed by atoms with Crippen molar-refractivity contribution in [2.75, 3.05) is 33.9 Å². The highest BCUT2D eigenvalue weighted by Crippen LogP contribution is 2.38. The summed E-state index contributed by atoms with van der Waals surface area (Å²) in [5.74, 6) is 3.55. The zero-order valence-electron chi connectivity index (χ0n) is 16.2. The number of oxazole rings is 1. The van der Waals surface area contributed by atoms with Gasteiger partial charge < -0.3 is 19.6 Å². The summed E-state index contributed by atoms with van der Waals surface area (Å²) >= 11 is 0. The van der Waals surface area contributed by atoms with Gasteiger partial charge in [-0.2, -0.15) is 0 Å². The Morgan fingerprint density at radius 1 is 1.27 bits per heavy atom. The van der Waals surface area contributed by atoms with Gasteiger partial charge in [0.25, 0.3) is 0 Å². The number of methoxy groups -OCH3 is 2. The van der Waals surface area contributed by atoms with Crippen molar-refractivity contribution < 1.29 is 13.9 Å². The van der Waals surface area contributed by atoms with E-state index >= 15 is 0 Å². The van der Waals surface area contributed by atoms with Crippen molar-refractivity contribution in [3.63, 3.8) is 0 Å². The maximum absolute atomic E-state index is 5.98. The van der Waals surface area contributed by atoms with Gasteiger partial charge in [0, 0.05) is 18.7 Å². The largest absolute Gasteiger partial charge is 0.496 e. The van der Waals surface area contributed by atoms with Gasteiger partial charge in [-0.1, -0.05) is 0 Å². The Morgan fingerprint density at radius 2 is 2.08 bits per heavy atom. The average molecular weight is 359 g/mol. The molecule has 2 N–H and O–H groups in total. The summed E-state index contributed by atoms with van der Waals surface area (Å²) < 4.78 is 17.0. The highest BCUT2D eigenvalue weighted by Gasteiger charge is 2.23. The zero-order valence-corrected chi connectivity index (χ0v) is 16.2. The van der Waals surface area contributed by atoms with Crippen molar-refractivity contribution in [2.45, 2.75) is 33.2 Å². The third kappa shape index (κ3) is 3.71. The monoisotopic (exact) mass is 359 g/mol. The minimum absolute atomic E-state index is 0.583. The van der Waals surface area contributed by atoms with E-state index in [9.17, 15) is 0 Å². The minimum Gasteiger partial charge on any atom is -0.496 e. The number of hydrogen-bond acceptors (Lipinski definition) is 6. The van der Waals surface area contributed by atoms with Gasteiger partial charge in [-0.3, -0.25) is 4.90 Å². The van der Waals surface area contributed by atoms with Crippen molar-refractivity contribution in [1.82, 2.24) is 9.88 Å². The smallest absolute Gasteiger partial charge is 0.230 e. The second kappa shape index (κ2) is 8.10. The van der Waals surface area contributed by atoms with Crippen LogP contribution >= 0.6 is 0 Å². The standard InChI is InChI=1S/C20H29N3O3/c1-13-18(24-3)8-7-16(19(13)25-4)20-22-17(14(2)26-20)12-23-9-5-6-15(10-21)11-23/h7-8,15H,5-6,9-12,21H2,1-4H3. The van der Waals surface area contributed by atoms with Crippen LogP contribution in [0.1, 0.15) is 29.9 Å². The normalized spacial score (nSPS) is 18.1. The van der Waals surface area contributed by atoms with Crippen molar-refractivity contribution >= 4 is 0 Å². The number of aryl methyl sites for hydroxylation is 1. The van der Waals surface area contributed by atoms with E-state index in [0.29, 0.717) is 11.8 Å². The Hall–Kier alpha value is -2.05. The lowest BCUT2D eigenvalue weighted by molar-refractivity contribution is 0.169. The maximum atomic E-state index is 5.98. The first-order valence-electron chi connectivity index (χ1n) is 9.18. The molecule has 2 aromatic rings. The van der Waals surface area contributed by atoms with E-state index in [-0.39, 0.29) is 0 Å². The number of ether oxygens (including phenoxy) is 2. The van der Waals surface area contributed by atoms with E-state index in [1.807, 2.05) is 26.0 Å². The summed E-state index contributed by atoms with van der Waals surface area (Å²) in [4.78, 5) is 7.19. The molecule has 1 unspecified atom stereocenters. The summed E-state index contributed by atoms with van der Waals surface area (Å²) in [7, 11) is 3.31. The Kier molecular flexibility index (Phi) is 5.84. The van der Waals surface area contributed by atoms with Crippen LogP contribution in [-0.2, 0) is 6.54 Å². The van der Waals surface area contributed by atoms with Crippen LogP contribution < -0.4 is 15.2 Å². The lowest BCUT2D eigenvalue weighted by atomic mass is 9.98. The predicted octanol–water partition coefficient (Wildman–Crippen LogP) is 3.15. The van der Waals surface area contributed by atoms with Gasteiger partial charge in [0.1, 0.15) is 17.3 Å². The van der Waals surface area contributed by atoms with Crippen LogP contribution in [0.3, 0.4) is 0 Å². The number of aromatic nitrogens is 1. The van der Waals surface area contributed by atoms with Gasteiger partial charge in [-0.15, -0.1) is 0 Å². The summed E-state index contributed by atoms with van der Waals surface area (Å²) in [5.41, 5.74) is 8.62. The molecule has 0 amide bonds. The topological polar surface area (TPSA) is 73.8 Å². The Morgan fingerprint density at radius 3 is 2.77 bits per heavy atom. The van der Waals surface area contributed by atoms with E-state index in [4.69, 9.17) is 24.6 Å². The lowest BCUT2D eigenvalue weighted by Crippen LogP contribution is -2.38. The lowest BCUT2D eigenvalue weighted by Gasteiger charge is -2.31. The van der Waals surface area contributed by atoms with Gasteiger partial charge in [0.05, 0.1) is 25.5 Å². The molecule has 1 aliphatic heterocycles. The van der Waals surface area contributed by atoms with E-state index in [2.05, 4.69) is 4.90 Å². The van der Waals surface area contributed by atoms with E-state index < -0.39 is 0 Å². The maximum Gasteiger partial charge on any atom is 0.230 e. The molecule has 0 saturated carbocycles. The zero-order chi connectivity index (χ0) is 18.7. The summed E-state index contributed by atoms with van der Waals surface area (Å²) in [6.45, 7) is 7.61. The molecular weight excluding hydrogens is 330 g/mol. The molecule has 3 rings (SSSR count). The molecule has 142 valence electrons. The molecule has 1 fully saturated rings. The first-order valence-corrected chi connectivity index (χ1v) is 9.18. The fourth-order valence-corrected chi connectivity index (χ4v) is 3.72.